The molecule has 0 fully saturated rings. The highest BCUT2D eigenvalue weighted by atomic mass is 16.1. The summed E-state index contributed by atoms with van der Waals surface area (Å²) in [5, 5.41) is 7.24. The number of rotatable bonds is 3. The van der Waals surface area contributed by atoms with Crippen molar-refractivity contribution in [3.05, 3.63) is 46.8 Å². The van der Waals surface area contributed by atoms with E-state index in [1.54, 1.807) is 4.68 Å². The molecule has 0 unspecified atom stereocenters. The molecule has 1 amide bonds. The molecule has 0 atom stereocenters. The number of carbonyl (C=O) groups excluding carboxylic acids is 1. The molecule has 2 rings (SSSR count). The zero-order valence-corrected chi connectivity index (χ0v) is 11.8. The van der Waals surface area contributed by atoms with Gasteiger partial charge in [0.1, 0.15) is 0 Å². The summed E-state index contributed by atoms with van der Waals surface area (Å²) in [5.74, 6) is -0.00602. The van der Waals surface area contributed by atoms with E-state index in [1.807, 2.05) is 52.1 Å². The average molecular weight is 257 g/mol. The predicted molar refractivity (Wildman–Crippen MR) is 76.2 cm³/mol. The molecule has 0 spiro atoms. The van der Waals surface area contributed by atoms with Crippen LogP contribution in [-0.4, -0.2) is 15.7 Å². The Kier molecular flexibility index (Phi) is 3.69. The zero-order valence-electron chi connectivity index (χ0n) is 11.8. The fourth-order valence-electron chi connectivity index (χ4n) is 2.12. The number of anilines is 1. The van der Waals surface area contributed by atoms with E-state index >= 15 is 0 Å². The van der Waals surface area contributed by atoms with E-state index in [1.165, 1.54) is 0 Å². The quantitative estimate of drug-likeness (QED) is 0.918. The Morgan fingerprint density at radius 2 is 1.95 bits per heavy atom. The predicted octanol–water partition coefficient (Wildman–Crippen LogP) is 2.53. The highest BCUT2D eigenvalue weighted by Gasteiger charge is 2.13. The first kappa shape index (κ1) is 13.3. The van der Waals surface area contributed by atoms with E-state index in [9.17, 15) is 4.79 Å². The summed E-state index contributed by atoms with van der Waals surface area (Å²) in [4.78, 5) is 12.1. The van der Waals surface area contributed by atoms with Crippen LogP contribution in [0.4, 0.5) is 5.69 Å². The molecule has 4 nitrogen and oxygen atoms in total. The molecule has 1 N–H and O–H groups in total. The Labute approximate surface area is 113 Å². The summed E-state index contributed by atoms with van der Waals surface area (Å²) in [6.07, 6.45) is 0.389. The molecule has 19 heavy (non-hydrogen) atoms. The summed E-state index contributed by atoms with van der Waals surface area (Å²) in [7, 11) is 1.87. The van der Waals surface area contributed by atoms with Crippen LogP contribution < -0.4 is 5.32 Å². The molecule has 2 aromatic rings. The maximum absolute atomic E-state index is 12.1. The smallest absolute Gasteiger partial charge is 0.228 e. The maximum Gasteiger partial charge on any atom is 0.228 e. The molecule has 0 saturated carbocycles. The summed E-state index contributed by atoms with van der Waals surface area (Å²) < 4.78 is 1.78. The lowest BCUT2D eigenvalue weighted by Gasteiger charge is -2.07. The molecule has 4 heteroatoms. The van der Waals surface area contributed by atoms with Gasteiger partial charge < -0.3 is 5.32 Å². The fraction of sp³-hybridized carbons (Fsp3) is 0.333. The van der Waals surface area contributed by atoms with E-state index in [0.29, 0.717) is 6.42 Å². The van der Waals surface area contributed by atoms with Crippen molar-refractivity contribution in [2.24, 2.45) is 7.05 Å². The van der Waals surface area contributed by atoms with Crippen molar-refractivity contribution in [2.75, 3.05) is 5.32 Å². The Morgan fingerprint density at radius 1 is 1.26 bits per heavy atom. The Balaban J connectivity index is 2.12. The van der Waals surface area contributed by atoms with Crippen molar-refractivity contribution < 1.29 is 4.79 Å². The first-order chi connectivity index (χ1) is 8.99. The minimum Gasteiger partial charge on any atom is -0.323 e. The first-order valence-electron chi connectivity index (χ1n) is 6.33. The van der Waals surface area contributed by atoms with Gasteiger partial charge in [0.15, 0.2) is 0 Å². The largest absolute Gasteiger partial charge is 0.323 e. The second-order valence-corrected chi connectivity index (χ2v) is 4.82. The van der Waals surface area contributed by atoms with Crippen molar-refractivity contribution in [1.82, 2.24) is 9.78 Å². The van der Waals surface area contributed by atoms with Gasteiger partial charge in [0.25, 0.3) is 0 Å². The van der Waals surface area contributed by atoms with Crippen molar-refractivity contribution in [3.63, 3.8) is 0 Å². The standard InChI is InChI=1S/C15H19N3O/c1-10-7-5-6-8-13(10)9-14(19)16-15-11(2)17-18(4)12(15)3/h5-8H,9H2,1-4H3,(H,16,19). The van der Waals surface area contributed by atoms with Crippen LogP contribution >= 0.6 is 0 Å². The molecule has 1 aromatic heterocycles. The number of nitrogens with zero attached hydrogens (tertiary/aromatic N) is 2. The van der Waals surface area contributed by atoms with Gasteiger partial charge in [-0.2, -0.15) is 5.10 Å². The van der Waals surface area contributed by atoms with E-state index in [-0.39, 0.29) is 5.91 Å². The zero-order chi connectivity index (χ0) is 14.0. The number of hydrogen-bond acceptors (Lipinski definition) is 2. The Hall–Kier alpha value is -2.10. The fourth-order valence-corrected chi connectivity index (χ4v) is 2.12. The van der Waals surface area contributed by atoms with Crippen LogP contribution in [0, 0.1) is 20.8 Å². The van der Waals surface area contributed by atoms with Crippen LogP contribution in [0.15, 0.2) is 24.3 Å². The summed E-state index contributed by atoms with van der Waals surface area (Å²) in [6.45, 7) is 5.86. The minimum absolute atomic E-state index is 0.00602. The van der Waals surface area contributed by atoms with Gasteiger partial charge in [-0.25, -0.2) is 0 Å². The van der Waals surface area contributed by atoms with Gasteiger partial charge in [-0.15, -0.1) is 0 Å². The number of amides is 1. The molecular weight excluding hydrogens is 238 g/mol. The van der Waals surface area contributed by atoms with Gasteiger partial charge in [-0.3, -0.25) is 9.48 Å². The monoisotopic (exact) mass is 257 g/mol. The second-order valence-electron chi connectivity index (χ2n) is 4.82. The third-order valence-corrected chi connectivity index (χ3v) is 3.39. The molecule has 1 heterocycles. The van der Waals surface area contributed by atoms with Crippen molar-refractivity contribution in [3.8, 4) is 0 Å². The maximum atomic E-state index is 12.1. The first-order valence-corrected chi connectivity index (χ1v) is 6.33. The van der Waals surface area contributed by atoms with Crippen LogP contribution in [0.5, 0.6) is 0 Å². The molecule has 0 radical (unpaired) electrons. The number of aryl methyl sites for hydroxylation is 3. The van der Waals surface area contributed by atoms with Crippen LogP contribution in [0.25, 0.3) is 0 Å². The third-order valence-electron chi connectivity index (χ3n) is 3.39. The van der Waals surface area contributed by atoms with Crippen LogP contribution in [-0.2, 0) is 18.3 Å². The van der Waals surface area contributed by atoms with Crippen LogP contribution in [0.2, 0.25) is 0 Å². The number of nitrogens with one attached hydrogen (secondary N) is 1. The number of hydrogen-bond donors (Lipinski definition) is 1. The molecule has 0 saturated heterocycles. The molecule has 0 bridgehead atoms. The second kappa shape index (κ2) is 5.26. The van der Waals surface area contributed by atoms with Gasteiger partial charge in [0, 0.05) is 7.05 Å². The van der Waals surface area contributed by atoms with E-state index in [4.69, 9.17) is 0 Å². The molecule has 0 aliphatic rings. The van der Waals surface area contributed by atoms with Gasteiger partial charge >= 0.3 is 0 Å². The van der Waals surface area contributed by atoms with Crippen LogP contribution in [0.1, 0.15) is 22.5 Å². The van der Waals surface area contributed by atoms with Gasteiger partial charge in [-0.05, 0) is 31.9 Å². The van der Waals surface area contributed by atoms with E-state index in [0.717, 1.165) is 28.2 Å². The highest BCUT2D eigenvalue weighted by Crippen LogP contribution is 2.19. The summed E-state index contributed by atoms with van der Waals surface area (Å²) in [6, 6.07) is 7.93. The average Bonchev–Trinajstić information content (AvgIpc) is 2.59. The lowest BCUT2D eigenvalue weighted by molar-refractivity contribution is -0.115. The Bertz CT molecular complexity index is 614. The lowest BCUT2D eigenvalue weighted by Crippen LogP contribution is -2.16. The van der Waals surface area contributed by atoms with Crippen molar-refractivity contribution >= 4 is 11.6 Å². The molecule has 0 aliphatic heterocycles. The molecule has 1 aromatic carbocycles. The number of benzene rings is 1. The minimum atomic E-state index is -0.00602. The topological polar surface area (TPSA) is 46.9 Å². The van der Waals surface area contributed by atoms with Crippen molar-refractivity contribution in [2.45, 2.75) is 27.2 Å². The van der Waals surface area contributed by atoms with Gasteiger partial charge in [-0.1, -0.05) is 24.3 Å². The SMILES string of the molecule is Cc1ccccc1CC(=O)Nc1c(C)nn(C)c1C. The summed E-state index contributed by atoms with van der Waals surface area (Å²) >= 11 is 0. The van der Waals surface area contributed by atoms with E-state index < -0.39 is 0 Å². The third kappa shape index (κ3) is 2.84. The Morgan fingerprint density at radius 3 is 2.53 bits per heavy atom. The van der Waals surface area contributed by atoms with Crippen LogP contribution in [0.3, 0.4) is 0 Å². The lowest BCUT2D eigenvalue weighted by atomic mass is 10.1. The molecule has 0 aliphatic carbocycles. The normalized spacial score (nSPS) is 10.5. The number of aromatic nitrogens is 2. The molecule has 100 valence electrons. The van der Waals surface area contributed by atoms with Gasteiger partial charge in [0.2, 0.25) is 5.91 Å². The van der Waals surface area contributed by atoms with Crippen molar-refractivity contribution in [1.29, 1.82) is 0 Å². The van der Waals surface area contributed by atoms with E-state index in [2.05, 4.69) is 10.4 Å². The summed E-state index contributed by atoms with van der Waals surface area (Å²) in [5.41, 5.74) is 4.83. The van der Waals surface area contributed by atoms with Gasteiger partial charge in [0.05, 0.1) is 23.5 Å². The highest BCUT2D eigenvalue weighted by molar-refractivity contribution is 5.93. The number of carbonyl (C=O) groups is 1. The molecular formula is C15H19N3O.